The minimum absolute atomic E-state index is 0.241. The van der Waals surface area contributed by atoms with Crippen molar-refractivity contribution in [2.75, 3.05) is 19.7 Å². The SMILES string of the molecule is CCCOc1cc(F)c(C2(CC)CCNCC2)c(C=O)c1. The fourth-order valence-corrected chi connectivity index (χ4v) is 3.24. The second-order valence-corrected chi connectivity index (χ2v) is 5.72. The average molecular weight is 293 g/mol. The molecule has 0 amide bonds. The second-order valence-electron chi connectivity index (χ2n) is 5.72. The molecule has 0 aliphatic carbocycles. The number of nitrogens with one attached hydrogen (secondary N) is 1. The van der Waals surface area contributed by atoms with Gasteiger partial charge < -0.3 is 10.1 Å². The number of rotatable bonds is 6. The van der Waals surface area contributed by atoms with Gasteiger partial charge in [0.15, 0.2) is 6.29 Å². The zero-order chi connectivity index (χ0) is 15.3. The first kappa shape index (κ1) is 16.0. The van der Waals surface area contributed by atoms with E-state index in [-0.39, 0.29) is 11.2 Å². The molecule has 1 aromatic rings. The van der Waals surface area contributed by atoms with E-state index >= 15 is 0 Å². The molecule has 3 nitrogen and oxygen atoms in total. The van der Waals surface area contributed by atoms with Gasteiger partial charge in [0.25, 0.3) is 0 Å². The monoisotopic (exact) mass is 293 g/mol. The number of carbonyl (C=O) groups is 1. The first-order valence-corrected chi connectivity index (χ1v) is 7.79. The maximum Gasteiger partial charge on any atom is 0.150 e. The predicted octanol–water partition coefficient (Wildman–Crippen LogP) is 3.46. The lowest BCUT2D eigenvalue weighted by atomic mass is 9.69. The van der Waals surface area contributed by atoms with Gasteiger partial charge in [-0.25, -0.2) is 4.39 Å². The van der Waals surface area contributed by atoms with Gasteiger partial charge in [-0.3, -0.25) is 4.79 Å². The van der Waals surface area contributed by atoms with Crippen LogP contribution in [0.5, 0.6) is 5.75 Å². The third-order valence-electron chi connectivity index (χ3n) is 4.46. The number of halogens is 1. The molecule has 0 unspecified atom stereocenters. The number of hydrogen-bond donors (Lipinski definition) is 1. The Bertz CT molecular complexity index is 496. The Balaban J connectivity index is 2.44. The van der Waals surface area contributed by atoms with Crippen molar-refractivity contribution in [3.8, 4) is 5.75 Å². The first-order valence-electron chi connectivity index (χ1n) is 7.79. The lowest BCUT2D eigenvalue weighted by Gasteiger charge is -2.38. The van der Waals surface area contributed by atoms with Gasteiger partial charge >= 0.3 is 0 Å². The van der Waals surface area contributed by atoms with Gasteiger partial charge in [-0.2, -0.15) is 0 Å². The van der Waals surface area contributed by atoms with Crippen LogP contribution in [-0.4, -0.2) is 26.0 Å². The fraction of sp³-hybridized carbons (Fsp3) is 0.588. The number of carbonyl (C=O) groups excluding carboxylic acids is 1. The molecule has 0 aromatic heterocycles. The smallest absolute Gasteiger partial charge is 0.150 e. The minimum atomic E-state index is -0.311. The van der Waals surface area contributed by atoms with Gasteiger partial charge in [-0.05, 0) is 44.8 Å². The van der Waals surface area contributed by atoms with E-state index in [2.05, 4.69) is 12.2 Å². The summed E-state index contributed by atoms with van der Waals surface area (Å²) in [7, 11) is 0. The van der Waals surface area contributed by atoms with Crippen LogP contribution in [0.15, 0.2) is 12.1 Å². The summed E-state index contributed by atoms with van der Waals surface area (Å²) in [6, 6.07) is 3.11. The van der Waals surface area contributed by atoms with Crippen molar-refractivity contribution in [2.24, 2.45) is 0 Å². The largest absolute Gasteiger partial charge is 0.493 e. The number of ether oxygens (including phenoxy) is 1. The lowest BCUT2D eigenvalue weighted by molar-refractivity contribution is 0.111. The molecule has 1 saturated heterocycles. The molecular formula is C17H24FNO2. The first-order chi connectivity index (χ1) is 10.2. The van der Waals surface area contributed by atoms with Crippen molar-refractivity contribution in [2.45, 2.75) is 44.9 Å². The third kappa shape index (κ3) is 3.26. The van der Waals surface area contributed by atoms with Crippen LogP contribution >= 0.6 is 0 Å². The third-order valence-corrected chi connectivity index (χ3v) is 4.46. The molecule has 0 spiro atoms. The molecule has 0 saturated carbocycles. The molecule has 0 radical (unpaired) electrons. The molecule has 1 fully saturated rings. The maximum atomic E-state index is 14.7. The quantitative estimate of drug-likeness (QED) is 0.816. The molecule has 4 heteroatoms. The van der Waals surface area contributed by atoms with E-state index in [0.29, 0.717) is 23.5 Å². The zero-order valence-corrected chi connectivity index (χ0v) is 12.9. The van der Waals surface area contributed by atoms with E-state index in [0.717, 1.165) is 45.1 Å². The highest BCUT2D eigenvalue weighted by Crippen LogP contribution is 2.40. The van der Waals surface area contributed by atoms with Crippen molar-refractivity contribution in [1.82, 2.24) is 5.32 Å². The van der Waals surface area contributed by atoms with Gasteiger partial charge in [0.2, 0.25) is 0 Å². The Morgan fingerprint density at radius 1 is 1.33 bits per heavy atom. The summed E-state index contributed by atoms with van der Waals surface area (Å²) in [6.07, 6.45) is 4.16. The van der Waals surface area contributed by atoms with Crippen LogP contribution in [-0.2, 0) is 5.41 Å². The molecule has 1 heterocycles. The van der Waals surface area contributed by atoms with Crippen molar-refractivity contribution in [3.63, 3.8) is 0 Å². The van der Waals surface area contributed by atoms with Crippen LogP contribution in [0.2, 0.25) is 0 Å². The highest BCUT2D eigenvalue weighted by atomic mass is 19.1. The molecular weight excluding hydrogens is 269 g/mol. The van der Waals surface area contributed by atoms with Gasteiger partial charge in [0.05, 0.1) is 6.61 Å². The minimum Gasteiger partial charge on any atom is -0.493 e. The van der Waals surface area contributed by atoms with Crippen LogP contribution in [0.25, 0.3) is 0 Å². The zero-order valence-electron chi connectivity index (χ0n) is 12.9. The molecule has 0 bridgehead atoms. The number of benzene rings is 1. The molecule has 116 valence electrons. The summed E-state index contributed by atoms with van der Waals surface area (Å²) < 4.78 is 20.2. The Hall–Kier alpha value is -1.42. The topological polar surface area (TPSA) is 38.3 Å². The molecule has 1 N–H and O–H groups in total. The Labute approximate surface area is 125 Å². The molecule has 1 aliphatic rings. The highest BCUT2D eigenvalue weighted by Gasteiger charge is 2.36. The van der Waals surface area contributed by atoms with Crippen molar-refractivity contribution in [1.29, 1.82) is 0 Å². The van der Waals surface area contributed by atoms with E-state index in [4.69, 9.17) is 4.74 Å². The van der Waals surface area contributed by atoms with E-state index in [1.54, 1.807) is 6.07 Å². The fourth-order valence-electron chi connectivity index (χ4n) is 3.24. The maximum absolute atomic E-state index is 14.7. The van der Waals surface area contributed by atoms with Crippen LogP contribution in [0.4, 0.5) is 4.39 Å². The van der Waals surface area contributed by atoms with Gasteiger partial charge in [-0.1, -0.05) is 13.8 Å². The summed E-state index contributed by atoms with van der Waals surface area (Å²) in [5.41, 5.74) is 0.768. The predicted molar refractivity (Wildman–Crippen MR) is 81.6 cm³/mol. The van der Waals surface area contributed by atoms with E-state index in [1.165, 1.54) is 6.07 Å². The molecule has 0 atom stereocenters. The molecule has 2 rings (SSSR count). The Morgan fingerprint density at radius 3 is 2.62 bits per heavy atom. The van der Waals surface area contributed by atoms with E-state index < -0.39 is 0 Å². The van der Waals surface area contributed by atoms with E-state index in [1.807, 2.05) is 6.92 Å². The van der Waals surface area contributed by atoms with Crippen molar-refractivity contribution in [3.05, 3.63) is 29.1 Å². The summed E-state index contributed by atoms with van der Waals surface area (Å²) in [6.45, 7) is 6.31. The molecule has 1 aromatic carbocycles. The Kier molecular flexibility index (Phi) is 5.34. The number of piperidine rings is 1. The second kappa shape index (κ2) is 7.03. The van der Waals surface area contributed by atoms with E-state index in [9.17, 15) is 9.18 Å². The number of hydrogen-bond acceptors (Lipinski definition) is 3. The highest BCUT2D eigenvalue weighted by molar-refractivity contribution is 5.79. The van der Waals surface area contributed by atoms with Crippen LogP contribution in [0, 0.1) is 5.82 Å². The molecule has 1 aliphatic heterocycles. The standard InChI is InChI=1S/C17H24FNO2/c1-3-9-21-14-10-13(12-20)16(15(18)11-14)17(4-2)5-7-19-8-6-17/h10-12,19H,3-9H2,1-2H3. The normalized spacial score (nSPS) is 17.5. The van der Waals surface area contributed by atoms with Gasteiger partial charge in [-0.15, -0.1) is 0 Å². The average Bonchev–Trinajstić information content (AvgIpc) is 2.52. The van der Waals surface area contributed by atoms with Crippen molar-refractivity contribution >= 4 is 6.29 Å². The van der Waals surface area contributed by atoms with Gasteiger partial charge in [0.1, 0.15) is 11.6 Å². The Morgan fingerprint density at radius 2 is 2.05 bits per heavy atom. The summed E-state index contributed by atoms with van der Waals surface area (Å²) >= 11 is 0. The lowest BCUT2D eigenvalue weighted by Crippen LogP contribution is -2.40. The van der Waals surface area contributed by atoms with Crippen molar-refractivity contribution < 1.29 is 13.9 Å². The van der Waals surface area contributed by atoms with Gasteiger partial charge in [0, 0.05) is 22.6 Å². The molecule has 21 heavy (non-hydrogen) atoms. The van der Waals surface area contributed by atoms with Crippen LogP contribution < -0.4 is 10.1 Å². The van der Waals surface area contributed by atoms with Crippen LogP contribution in [0.3, 0.4) is 0 Å². The van der Waals surface area contributed by atoms with Crippen LogP contribution in [0.1, 0.15) is 55.5 Å². The summed E-state index contributed by atoms with van der Waals surface area (Å²) in [5.74, 6) is 0.134. The summed E-state index contributed by atoms with van der Waals surface area (Å²) in [4.78, 5) is 11.5. The number of aldehydes is 1. The summed E-state index contributed by atoms with van der Waals surface area (Å²) in [5, 5.41) is 3.30.